The van der Waals surface area contributed by atoms with Crippen LogP contribution in [0.3, 0.4) is 0 Å². The Morgan fingerprint density at radius 3 is 1.25 bits per heavy atom. The smallest absolute Gasteiger partial charge is 1.00 e. The molecule has 3 radical (unpaired) electrons. The summed E-state index contributed by atoms with van der Waals surface area (Å²) in [5.74, 6) is 0. The zero-order valence-electron chi connectivity index (χ0n) is 12.7. The Bertz CT molecular complexity index is 100. The maximum absolute atomic E-state index is 2.29. The molecule has 0 aliphatic carbocycles. The van der Waals surface area contributed by atoms with Crippen molar-refractivity contribution in [3.63, 3.8) is 0 Å². The van der Waals surface area contributed by atoms with Crippen LogP contribution < -0.4 is 29.6 Å². The van der Waals surface area contributed by atoms with Crippen LogP contribution >= 0.6 is 0 Å². The third-order valence-electron chi connectivity index (χ3n) is 3.03. The van der Waals surface area contributed by atoms with E-state index >= 15 is 0 Å². The van der Waals surface area contributed by atoms with Crippen molar-refractivity contribution in [1.29, 1.82) is 0 Å². The first-order valence-electron chi connectivity index (χ1n) is 7.06. The van der Waals surface area contributed by atoms with Crippen molar-refractivity contribution >= 4 is 22.5 Å². The molecular formula is C14H30NaSn. The van der Waals surface area contributed by atoms with Gasteiger partial charge >= 0.3 is 127 Å². The molecule has 0 heterocycles. The molecule has 2 heteroatoms. The molecule has 0 aliphatic rings. The molecule has 0 aromatic rings. The summed E-state index contributed by atoms with van der Waals surface area (Å²) in [5, 5.41) is 0. The third kappa shape index (κ3) is 18.2. The largest absolute Gasteiger partial charge is 1.00 e. The summed E-state index contributed by atoms with van der Waals surface area (Å²) in [6, 6.07) is 0. The van der Waals surface area contributed by atoms with Gasteiger partial charge in [-0.15, -0.1) is 0 Å². The zero-order chi connectivity index (χ0) is 11.2. The van der Waals surface area contributed by atoms with E-state index < -0.39 is 0 Å². The van der Waals surface area contributed by atoms with Gasteiger partial charge in [0.05, 0.1) is 0 Å². The maximum atomic E-state index is 2.29. The Hall–Kier alpha value is 1.80. The minimum atomic E-state index is 0. The van der Waals surface area contributed by atoms with Crippen molar-refractivity contribution in [1.82, 2.24) is 0 Å². The molecule has 0 atom stereocenters. The SMILES string of the molecule is CCCCCCCCCCCCC[CH2][Sn].[H-].[Na+]. The second-order valence-corrected chi connectivity index (χ2v) is 6.07. The average Bonchev–Trinajstić information content (AvgIpc) is 2.26. The first kappa shape index (κ1) is 20.1. The fraction of sp³-hybridized carbons (Fsp3) is 1.00. The Balaban J connectivity index is -0.000000980. The molecule has 0 N–H and O–H groups in total. The van der Waals surface area contributed by atoms with Crippen molar-refractivity contribution < 1.29 is 31.0 Å². The second kappa shape index (κ2) is 19.1. The Morgan fingerprint density at radius 1 is 0.625 bits per heavy atom. The molecule has 16 heavy (non-hydrogen) atoms. The Labute approximate surface area is 141 Å². The van der Waals surface area contributed by atoms with Crippen molar-refractivity contribution in [2.75, 3.05) is 0 Å². The first-order chi connectivity index (χ1) is 7.41. The van der Waals surface area contributed by atoms with Crippen LogP contribution in [0.1, 0.15) is 85.4 Å². The summed E-state index contributed by atoms with van der Waals surface area (Å²) in [4.78, 5) is 0. The van der Waals surface area contributed by atoms with Crippen LogP contribution in [0.25, 0.3) is 0 Å². The van der Waals surface area contributed by atoms with Gasteiger partial charge in [0.25, 0.3) is 0 Å². The summed E-state index contributed by atoms with van der Waals surface area (Å²) in [6.45, 7) is 2.29. The van der Waals surface area contributed by atoms with E-state index in [0.717, 1.165) is 0 Å². The molecule has 0 unspecified atom stereocenters. The summed E-state index contributed by atoms with van der Waals surface area (Å²) >= 11 is 1.72. The van der Waals surface area contributed by atoms with Crippen LogP contribution in [0.2, 0.25) is 4.44 Å². The van der Waals surface area contributed by atoms with E-state index in [1.807, 2.05) is 0 Å². The van der Waals surface area contributed by atoms with Gasteiger partial charge in [0.1, 0.15) is 0 Å². The minimum absolute atomic E-state index is 0. The van der Waals surface area contributed by atoms with Gasteiger partial charge in [-0.2, -0.15) is 0 Å². The molecule has 0 nitrogen and oxygen atoms in total. The molecule has 0 saturated heterocycles. The Morgan fingerprint density at radius 2 is 0.938 bits per heavy atom. The fourth-order valence-electron chi connectivity index (χ4n) is 1.97. The van der Waals surface area contributed by atoms with Crippen molar-refractivity contribution in [2.24, 2.45) is 0 Å². The van der Waals surface area contributed by atoms with Crippen molar-refractivity contribution in [3.8, 4) is 0 Å². The number of hydrogen-bond acceptors (Lipinski definition) is 0. The van der Waals surface area contributed by atoms with Crippen LogP contribution in [0.4, 0.5) is 0 Å². The van der Waals surface area contributed by atoms with Gasteiger partial charge in [0.2, 0.25) is 0 Å². The predicted octanol–water partition coefficient (Wildman–Crippen LogP) is 2.39. The van der Waals surface area contributed by atoms with Gasteiger partial charge in [0.15, 0.2) is 0 Å². The number of unbranched alkanes of at least 4 members (excludes halogenated alkanes) is 11. The van der Waals surface area contributed by atoms with Crippen molar-refractivity contribution in [3.05, 3.63) is 0 Å². The van der Waals surface area contributed by atoms with Crippen molar-refractivity contribution in [2.45, 2.75) is 88.4 Å². The molecular weight excluding hydrogens is 310 g/mol. The molecule has 0 fully saturated rings. The van der Waals surface area contributed by atoms with Gasteiger partial charge in [-0.1, -0.05) is 13.3 Å². The van der Waals surface area contributed by atoms with Gasteiger partial charge < -0.3 is 1.43 Å². The summed E-state index contributed by atoms with van der Waals surface area (Å²) in [5.41, 5.74) is 0. The normalized spacial score (nSPS) is 10.1. The summed E-state index contributed by atoms with van der Waals surface area (Å²) in [6.07, 6.45) is 17.7. The van der Waals surface area contributed by atoms with Gasteiger partial charge in [-0.05, 0) is 0 Å². The summed E-state index contributed by atoms with van der Waals surface area (Å²) < 4.78 is 1.46. The molecule has 0 aromatic carbocycles. The van der Waals surface area contributed by atoms with E-state index in [9.17, 15) is 0 Å². The monoisotopic (exact) mass is 341 g/mol. The van der Waals surface area contributed by atoms with E-state index in [0.29, 0.717) is 0 Å². The zero-order valence-corrected chi connectivity index (χ0v) is 16.5. The van der Waals surface area contributed by atoms with E-state index in [1.54, 1.807) is 22.5 Å². The topological polar surface area (TPSA) is 0 Å². The molecule has 0 aliphatic heterocycles. The molecule has 0 saturated carbocycles. The molecule has 91 valence electrons. The van der Waals surface area contributed by atoms with Crippen LogP contribution in [-0.2, 0) is 0 Å². The quantitative estimate of drug-likeness (QED) is 0.378. The van der Waals surface area contributed by atoms with E-state index in [2.05, 4.69) is 6.92 Å². The molecule has 0 amide bonds. The van der Waals surface area contributed by atoms with Gasteiger partial charge in [-0.3, -0.25) is 0 Å². The molecule has 0 aromatic heterocycles. The van der Waals surface area contributed by atoms with E-state index in [-0.39, 0.29) is 31.0 Å². The van der Waals surface area contributed by atoms with E-state index in [1.165, 1.54) is 81.5 Å². The second-order valence-electron chi connectivity index (χ2n) is 4.64. The van der Waals surface area contributed by atoms with Crippen LogP contribution in [0.5, 0.6) is 0 Å². The number of hydrogen-bond donors (Lipinski definition) is 0. The third-order valence-corrected chi connectivity index (χ3v) is 4.04. The standard InChI is InChI=1S/C14H29.Na.Sn.H/c1-3-5-7-9-11-13-14-12-10-8-6-4-2;;;/h1,3-14H2,2H3;;;/q;+1;;-1. The first-order valence-corrected chi connectivity index (χ1v) is 9.08. The predicted molar refractivity (Wildman–Crippen MR) is 72.8 cm³/mol. The van der Waals surface area contributed by atoms with Gasteiger partial charge in [0, 0.05) is 0 Å². The number of rotatable bonds is 12. The Kier molecular flexibility index (Phi) is 24.1. The van der Waals surface area contributed by atoms with Crippen LogP contribution in [0.15, 0.2) is 0 Å². The van der Waals surface area contributed by atoms with Gasteiger partial charge in [-0.25, -0.2) is 0 Å². The summed E-state index contributed by atoms with van der Waals surface area (Å²) in [7, 11) is 0. The van der Waals surface area contributed by atoms with Crippen LogP contribution in [-0.4, -0.2) is 22.5 Å². The average molecular weight is 340 g/mol. The fourth-order valence-corrected chi connectivity index (χ4v) is 2.68. The maximum Gasteiger partial charge on any atom is 1.00 e. The molecule has 0 bridgehead atoms. The van der Waals surface area contributed by atoms with Crippen LogP contribution in [0, 0.1) is 0 Å². The molecule has 0 spiro atoms. The minimum Gasteiger partial charge on any atom is -1.00 e. The van der Waals surface area contributed by atoms with E-state index in [4.69, 9.17) is 0 Å². The molecule has 0 rings (SSSR count).